The van der Waals surface area contributed by atoms with Crippen molar-refractivity contribution in [2.24, 2.45) is 0 Å². The van der Waals surface area contributed by atoms with Crippen LogP contribution in [-0.4, -0.2) is 26.3 Å². The summed E-state index contributed by atoms with van der Waals surface area (Å²) in [6.07, 6.45) is -0.251. The number of pyridine rings is 1. The Morgan fingerprint density at radius 2 is 1.88 bits per heavy atom. The van der Waals surface area contributed by atoms with Gasteiger partial charge in [-0.25, -0.2) is 4.79 Å². The molecule has 2 heterocycles. The second kappa shape index (κ2) is 7.29. The molecule has 0 saturated carbocycles. The Morgan fingerprint density at radius 1 is 1.12 bits per heavy atom. The predicted octanol–water partition coefficient (Wildman–Crippen LogP) is 2.94. The van der Waals surface area contributed by atoms with E-state index in [4.69, 9.17) is 4.74 Å². The molecule has 2 aromatic heterocycles. The van der Waals surface area contributed by atoms with E-state index in [1.165, 1.54) is 11.3 Å². The Kier molecular flexibility index (Phi) is 4.93. The molecule has 7 heteroatoms. The zero-order valence-electron chi connectivity index (χ0n) is 12.9. The predicted molar refractivity (Wildman–Crippen MR) is 89.0 cm³/mol. The van der Waals surface area contributed by atoms with Crippen LogP contribution in [0.4, 0.5) is 0 Å². The third kappa shape index (κ3) is 3.64. The number of hydrogen-bond acceptors (Lipinski definition) is 7. The summed E-state index contributed by atoms with van der Waals surface area (Å²) in [6.45, 7) is 1.69. The second-order valence-electron chi connectivity index (χ2n) is 5.05. The van der Waals surface area contributed by atoms with Crippen LogP contribution in [0.25, 0.3) is 10.7 Å². The number of aromatic nitrogens is 3. The van der Waals surface area contributed by atoms with Crippen LogP contribution in [0.1, 0.15) is 29.7 Å². The molecule has 0 radical (unpaired) electrons. The molecule has 0 aliphatic carbocycles. The molecule has 3 rings (SSSR count). The standard InChI is InChI=1S/C17H15N3O3S/c1-11(23-17(22)14(21)12-7-3-2-4-8-12)15-19-20-16(24-15)13-9-5-6-10-18-13/h2-11,14,21H,1H3. The number of carbonyl (C=O) groups excluding carboxylic acids is 1. The van der Waals surface area contributed by atoms with Gasteiger partial charge in [-0.3, -0.25) is 4.98 Å². The molecule has 122 valence electrons. The number of esters is 1. The fraction of sp³-hybridized carbons (Fsp3) is 0.176. The van der Waals surface area contributed by atoms with Gasteiger partial charge in [-0.2, -0.15) is 0 Å². The van der Waals surface area contributed by atoms with Crippen LogP contribution < -0.4 is 0 Å². The van der Waals surface area contributed by atoms with E-state index in [0.29, 0.717) is 21.3 Å². The van der Waals surface area contributed by atoms with Gasteiger partial charge in [0.2, 0.25) is 0 Å². The highest BCUT2D eigenvalue weighted by molar-refractivity contribution is 7.14. The van der Waals surface area contributed by atoms with Gasteiger partial charge in [0.25, 0.3) is 0 Å². The van der Waals surface area contributed by atoms with Gasteiger partial charge in [-0.1, -0.05) is 47.7 Å². The fourth-order valence-corrected chi connectivity index (χ4v) is 2.85. The number of ether oxygens (including phenoxy) is 1. The fourth-order valence-electron chi connectivity index (χ4n) is 2.05. The molecule has 0 bridgehead atoms. The summed E-state index contributed by atoms with van der Waals surface area (Å²) in [7, 11) is 0. The highest BCUT2D eigenvalue weighted by Crippen LogP contribution is 2.28. The molecule has 24 heavy (non-hydrogen) atoms. The van der Waals surface area contributed by atoms with Gasteiger partial charge in [0.15, 0.2) is 22.2 Å². The van der Waals surface area contributed by atoms with Crippen LogP contribution in [-0.2, 0) is 9.53 Å². The highest BCUT2D eigenvalue weighted by Gasteiger charge is 2.23. The molecule has 0 aliphatic rings. The van der Waals surface area contributed by atoms with E-state index < -0.39 is 18.2 Å². The third-order valence-electron chi connectivity index (χ3n) is 3.30. The van der Waals surface area contributed by atoms with Gasteiger partial charge in [0.05, 0.1) is 0 Å². The van der Waals surface area contributed by atoms with E-state index in [9.17, 15) is 9.90 Å². The molecule has 3 aromatic rings. The van der Waals surface area contributed by atoms with Crippen LogP contribution in [0.2, 0.25) is 0 Å². The molecule has 1 N–H and O–H groups in total. The molecule has 0 aliphatic heterocycles. The van der Waals surface area contributed by atoms with Crippen molar-refractivity contribution >= 4 is 17.3 Å². The smallest absolute Gasteiger partial charge is 0.340 e. The SMILES string of the molecule is CC(OC(=O)C(O)c1ccccc1)c1nnc(-c2ccccn2)s1. The zero-order valence-corrected chi connectivity index (χ0v) is 13.7. The topological polar surface area (TPSA) is 85.2 Å². The van der Waals surface area contributed by atoms with Gasteiger partial charge in [-0.05, 0) is 24.6 Å². The molecule has 2 unspecified atom stereocenters. The van der Waals surface area contributed by atoms with E-state index in [1.807, 2.05) is 24.3 Å². The van der Waals surface area contributed by atoms with E-state index >= 15 is 0 Å². The lowest BCUT2D eigenvalue weighted by atomic mass is 10.1. The van der Waals surface area contributed by atoms with Gasteiger partial charge in [-0.15, -0.1) is 10.2 Å². The Bertz CT molecular complexity index is 808. The Morgan fingerprint density at radius 3 is 2.58 bits per heavy atom. The lowest BCUT2D eigenvalue weighted by Gasteiger charge is -2.14. The molecule has 0 spiro atoms. The van der Waals surface area contributed by atoms with Crippen LogP contribution >= 0.6 is 11.3 Å². The lowest BCUT2D eigenvalue weighted by molar-refractivity contribution is -0.159. The van der Waals surface area contributed by atoms with Crippen LogP contribution in [0, 0.1) is 0 Å². The molecule has 0 saturated heterocycles. The number of aliphatic hydroxyl groups is 1. The molecule has 6 nitrogen and oxygen atoms in total. The average Bonchev–Trinajstić information content (AvgIpc) is 3.13. The maximum absolute atomic E-state index is 12.1. The molecule has 0 fully saturated rings. The summed E-state index contributed by atoms with van der Waals surface area (Å²) in [5, 5.41) is 19.4. The van der Waals surface area contributed by atoms with Gasteiger partial charge in [0, 0.05) is 6.20 Å². The minimum Gasteiger partial charge on any atom is -0.453 e. The summed E-state index contributed by atoms with van der Waals surface area (Å²) in [4.78, 5) is 16.3. The van der Waals surface area contributed by atoms with Crippen molar-refractivity contribution < 1.29 is 14.6 Å². The van der Waals surface area contributed by atoms with Crippen LogP contribution in [0.15, 0.2) is 54.7 Å². The number of benzene rings is 1. The summed E-state index contributed by atoms with van der Waals surface area (Å²) in [5.41, 5.74) is 1.20. The first-order valence-electron chi connectivity index (χ1n) is 7.33. The van der Waals surface area contributed by atoms with Crippen molar-refractivity contribution in [2.75, 3.05) is 0 Å². The quantitative estimate of drug-likeness (QED) is 0.718. The van der Waals surface area contributed by atoms with Gasteiger partial charge < -0.3 is 9.84 Å². The number of nitrogens with zero attached hydrogens (tertiary/aromatic N) is 3. The van der Waals surface area contributed by atoms with E-state index in [0.717, 1.165) is 0 Å². The minimum atomic E-state index is -1.32. The van der Waals surface area contributed by atoms with Crippen molar-refractivity contribution in [1.82, 2.24) is 15.2 Å². The zero-order chi connectivity index (χ0) is 16.9. The van der Waals surface area contributed by atoms with Crippen molar-refractivity contribution in [3.05, 3.63) is 65.3 Å². The van der Waals surface area contributed by atoms with Crippen LogP contribution in [0.3, 0.4) is 0 Å². The number of rotatable bonds is 5. The molecule has 1 aromatic carbocycles. The first kappa shape index (κ1) is 16.2. The Labute approximate surface area is 142 Å². The summed E-state index contributed by atoms with van der Waals surface area (Å²) in [5.74, 6) is -0.719. The summed E-state index contributed by atoms with van der Waals surface area (Å²) in [6, 6.07) is 14.2. The number of aliphatic hydroxyl groups excluding tert-OH is 1. The summed E-state index contributed by atoms with van der Waals surface area (Å²) < 4.78 is 5.30. The lowest BCUT2D eigenvalue weighted by Crippen LogP contribution is -2.17. The first-order chi connectivity index (χ1) is 11.6. The minimum absolute atomic E-state index is 0.487. The van der Waals surface area contributed by atoms with Crippen molar-refractivity contribution in [2.45, 2.75) is 19.1 Å². The van der Waals surface area contributed by atoms with Gasteiger partial charge in [0.1, 0.15) is 5.69 Å². The Hall–Kier alpha value is -2.64. The van der Waals surface area contributed by atoms with Crippen molar-refractivity contribution in [3.8, 4) is 10.7 Å². The van der Waals surface area contributed by atoms with Gasteiger partial charge >= 0.3 is 5.97 Å². The first-order valence-corrected chi connectivity index (χ1v) is 8.15. The third-order valence-corrected chi connectivity index (χ3v) is 4.41. The molecule has 0 amide bonds. The maximum Gasteiger partial charge on any atom is 0.340 e. The molecule has 2 atom stereocenters. The van der Waals surface area contributed by atoms with E-state index in [2.05, 4.69) is 15.2 Å². The molecular weight excluding hydrogens is 326 g/mol. The Balaban J connectivity index is 1.68. The highest BCUT2D eigenvalue weighted by atomic mass is 32.1. The monoisotopic (exact) mass is 341 g/mol. The van der Waals surface area contributed by atoms with Crippen molar-refractivity contribution in [1.29, 1.82) is 0 Å². The van der Waals surface area contributed by atoms with E-state index in [-0.39, 0.29) is 0 Å². The van der Waals surface area contributed by atoms with E-state index in [1.54, 1.807) is 37.4 Å². The van der Waals surface area contributed by atoms with Crippen LogP contribution in [0.5, 0.6) is 0 Å². The summed E-state index contributed by atoms with van der Waals surface area (Å²) >= 11 is 1.30. The maximum atomic E-state index is 12.1. The normalized spacial score (nSPS) is 13.2. The second-order valence-corrected chi connectivity index (χ2v) is 6.06. The number of carbonyl (C=O) groups is 1. The molecular formula is C17H15N3O3S. The largest absolute Gasteiger partial charge is 0.453 e. The van der Waals surface area contributed by atoms with Crippen molar-refractivity contribution in [3.63, 3.8) is 0 Å². The number of hydrogen-bond donors (Lipinski definition) is 1. The average molecular weight is 341 g/mol.